The van der Waals surface area contributed by atoms with Crippen LogP contribution in [0.2, 0.25) is 0 Å². The molecule has 0 amide bonds. The minimum Gasteiger partial charge on any atom is -0.490 e. The van der Waals surface area contributed by atoms with Crippen molar-refractivity contribution in [3.63, 3.8) is 0 Å². The molecule has 3 atom stereocenters. The van der Waals surface area contributed by atoms with Gasteiger partial charge in [-0.3, -0.25) is 0 Å². The van der Waals surface area contributed by atoms with E-state index in [1.165, 1.54) is 24.8 Å². The van der Waals surface area contributed by atoms with Gasteiger partial charge in [0.25, 0.3) is 0 Å². The van der Waals surface area contributed by atoms with Gasteiger partial charge in [-0.2, -0.15) is 0 Å². The van der Waals surface area contributed by atoms with Gasteiger partial charge in [0.2, 0.25) is 0 Å². The first-order chi connectivity index (χ1) is 9.81. The van der Waals surface area contributed by atoms with Crippen LogP contribution in [0.5, 0.6) is 5.75 Å². The van der Waals surface area contributed by atoms with Crippen LogP contribution in [0.15, 0.2) is 24.3 Å². The number of para-hydroxylation sites is 1. The van der Waals surface area contributed by atoms with Gasteiger partial charge in [0, 0.05) is 23.8 Å². The fraction of sp³-hybridized carbons (Fsp3) is 0.647. The molecule has 2 heterocycles. The van der Waals surface area contributed by atoms with Crippen LogP contribution in [0, 0.1) is 11.3 Å². The van der Waals surface area contributed by atoms with Crippen LogP contribution < -0.4 is 4.74 Å². The van der Waals surface area contributed by atoms with Gasteiger partial charge < -0.3 is 9.47 Å². The average molecular weight is 337 g/mol. The molecule has 108 valence electrons. The Morgan fingerprint density at radius 1 is 1.25 bits per heavy atom. The Labute approximate surface area is 129 Å². The maximum atomic E-state index is 6.17. The van der Waals surface area contributed by atoms with Gasteiger partial charge in [0.15, 0.2) is 0 Å². The normalized spacial score (nSPS) is 35.9. The molecule has 3 heteroatoms. The second-order valence-electron chi connectivity index (χ2n) is 6.63. The van der Waals surface area contributed by atoms with Crippen molar-refractivity contribution in [2.24, 2.45) is 11.3 Å². The molecule has 2 nitrogen and oxygen atoms in total. The lowest BCUT2D eigenvalue weighted by atomic mass is 9.76. The Hall–Kier alpha value is -0.540. The van der Waals surface area contributed by atoms with Gasteiger partial charge in [-0.1, -0.05) is 34.1 Å². The molecule has 2 aliphatic heterocycles. The van der Waals surface area contributed by atoms with Gasteiger partial charge in [-0.05, 0) is 43.2 Å². The van der Waals surface area contributed by atoms with Crippen molar-refractivity contribution in [1.82, 2.24) is 0 Å². The Kier molecular flexibility index (Phi) is 3.30. The molecule has 0 radical (unpaired) electrons. The lowest BCUT2D eigenvalue weighted by molar-refractivity contribution is 0.0217. The number of hydrogen-bond donors (Lipinski definition) is 0. The van der Waals surface area contributed by atoms with Crippen LogP contribution >= 0.6 is 15.9 Å². The Morgan fingerprint density at radius 2 is 2.10 bits per heavy atom. The van der Waals surface area contributed by atoms with E-state index in [0.29, 0.717) is 12.2 Å². The molecule has 0 N–H and O–H groups in total. The number of hydrogen-bond acceptors (Lipinski definition) is 2. The molecule has 0 aromatic heterocycles. The summed E-state index contributed by atoms with van der Waals surface area (Å²) in [6, 6.07) is 8.46. The first-order valence-corrected chi connectivity index (χ1v) is 8.85. The molecule has 1 aromatic carbocycles. The zero-order valence-electron chi connectivity index (χ0n) is 11.7. The number of rotatable bonds is 4. The van der Waals surface area contributed by atoms with Crippen molar-refractivity contribution in [3.05, 3.63) is 29.8 Å². The largest absolute Gasteiger partial charge is 0.490 e. The average Bonchev–Trinajstić information content (AvgIpc) is 3.09. The second-order valence-corrected chi connectivity index (χ2v) is 7.19. The van der Waals surface area contributed by atoms with Crippen molar-refractivity contribution in [3.8, 4) is 5.75 Å². The third-order valence-corrected chi connectivity index (χ3v) is 6.28. The molecule has 2 fully saturated rings. The van der Waals surface area contributed by atoms with Crippen LogP contribution in [0.1, 0.15) is 31.2 Å². The van der Waals surface area contributed by atoms with E-state index in [1.54, 1.807) is 0 Å². The topological polar surface area (TPSA) is 18.5 Å². The highest BCUT2D eigenvalue weighted by Crippen LogP contribution is 2.52. The molecular weight excluding hydrogens is 316 g/mol. The van der Waals surface area contributed by atoms with Crippen molar-refractivity contribution in [2.75, 3.05) is 11.9 Å². The van der Waals surface area contributed by atoms with Gasteiger partial charge in [-0.15, -0.1) is 0 Å². The first kappa shape index (κ1) is 13.1. The van der Waals surface area contributed by atoms with E-state index in [-0.39, 0.29) is 5.41 Å². The van der Waals surface area contributed by atoms with Gasteiger partial charge in [0.1, 0.15) is 11.9 Å². The second kappa shape index (κ2) is 5.03. The molecule has 0 spiro atoms. The monoisotopic (exact) mass is 336 g/mol. The number of halogens is 1. The zero-order chi connectivity index (χ0) is 13.6. The minimum absolute atomic E-state index is 0.286. The fourth-order valence-corrected chi connectivity index (χ4v) is 4.81. The molecule has 1 aliphatic carbocycles. The van der Waals surface area contributed by atoms with E-state index in [9.17, 15) is 0 Å². The summed E-state index contributed by atoms with van der Waals surface area (Å²) in [5.41, 5.74) is 1.65. The number of ether oxygens (including phenoxy) is 2. The van der Waals surface area contributed by atoms with E-state index in [4.69, 9.17) is 9.47 Å². The van der Waals surface area contributed by atoms with Crippen molar-refractivity contribution >= 4 is 15.9 Å². The number of fused-ring (bicyclic) bond motifs is 1. The highest BCUT2D eigenvalue weighted by Gasteiger charge is 2.51. The van der Waals surface area contributed by atoms with Gasteiger partial charge in [-0.25, -0.2) is 0 Å². The summed E-state index contributed by atoms with van der Waals surface area (Å²) >= 11 is 3.78. The van der Waals surface area contributed by atoms with Crippen LogP contribution in [-0.2, 0) is 11.2 Å². The predicted octanol–water partition coefficient (Wildman–Crippen LogP) is 3.96. The summed E-state index contributed by atoms with van der Waals surface area (Å²) in [5.74, 6) is 1.89. The van der Waals surface area contributed by atoms with E-state index < -0.39 is 0 Å². The zero-order valence-corrected chi connectivity index (χ0v) is 13.3. The summed E-state index contributed by atoms with van der Waals surface area (Å²) in [5, 5.41) is 1.04. The molecule has 1 saturated heterocycles. The van der Waals surface area contributed by atoms with Crippen molar-refractivity contribution in [2.45, 2.75) is 44.3 Å². The Balaban J connectivity index is 1.50. The summed E-state index contributed by atoms with van der Waals surface area (Å²) in [6.07, 6.45) is 6.84. The molecular formula is C17H21BrO2. The molecule has 20 heavy (non-hydrogen) atoms. The lowest BCUT2D eigenvalue weighted by Gasteiger charge is -2.34. The number of alkyl halides is 1. The third-order valence-electron chi connectivity index (χ3n) is 5.17. The molecule has 0 bridgehead atoms. The SMILES string of the molecule is BrCC1(CC2Cc3ccccc3O2)CCOC1C1CC1. The fourth-order valence-electron chi connectivity index (χ4n) is 3.98. The predicted molar refractivity (Wildman–Crippen MR) is 82.5 cm³/mol. The molecule has 1 saturated carbocycles. The maximum absolute atomic E-state index is 6.17. The molecule has 3 aliphatic rings. The summed E-state index contributed by atoms with van der Waals surface area (Å²) in [6.45, 7) is 0.923. The van der Waals surface area contributed by atoms with Crippen LogP contribution in [0.4, 0.5) is 0 Å². The lowest BCUT2D eigenvalue weighted by Crippen LogP contribution is -2.38. The van der Waals surface area contributed by atoms with E-state index in [0.717, 1.165) is 36.4 Å². The van der Waals surface area contributed by atoms with Crippen LogP contribution in [-0.4, -0.2) is 24.1 Å². The van der Waals surface area contributed by atoms with Crippen LogP contribution in [0.25, 0.3) is 0 Å². The summed E-state index contributed by atoms with van der Waals surface area (Å²) in [4.78, 5) is 0. The highest BCUT2D eigenvalue weighted by molar-refractivity contribution is 9.09. The first-order valence-electron chi connectivity index (χ1n) is 7.73. The molecule has 4 rings (SSSR count). The Bertz CT molecular complexity index is 475. The maximum Gasteiger partial charge on any atom is 0.123 e. The van der Waals surface area contributed by atoms with Crippen molar-refractivity contribution < 1.29 is 9.47 Å². The quantitative estimate of drug-likeness (QED) is 0.775. The number of benzene rings is 1. The van der Waals surface area contributed by atoms with E-state index in [2.05, 4.69) is 40.2 Å². The minimum atomic E-state index is 0.286. The highest BCUT2D eigenvalue weighted by atomic mass is 79.9. The van der Waals surface area contributed by atoms with Gasteiger partial charge in [0.05, 0.1) is 6.10 Å². The molecule has 1 aromatic rings. The summed E-state index contributed by atoms with van der Waals surface area (Å²) in [7, 11) is 0. The van der Waals surface area contributed by atoms with E-state index in [1.807, 2.05) is 0 Å². The standard InChI is InChI=1S/C17H21BrO2/c18-11-17(7-8-19-16(17)12-5-6-12)10-14-9-13-3-1-2-4-15(13)20-14/h1-4,12,14,16H,5-11H2. The van der Waals surface area contributed by atoms with E-state index >= 15 is 0 Å². The Morgan fingerprint density at radius 3 is 2.85 bits per heavy atom. The molecule has 3 unspecified atom stereocenters. The smallest absolute Gasteiger partial charge is 0.123 e. The van der Waals surface area contributed by atoms with Crippen LogP contribution in [0.3, 0.4) is 0 Å². The van der Waals surface area contributed by atoms with Gasteiger partial charge >= 0.3 is 0 Å². The van der Waals surface area contributed by atoms with Crippen molar-refractivity contribution in [1.29, 1.82) is 0 Å². The summed E-state index contributed by atoms with van der Waals surface area (Å²) < 4.78 is 12.3. The third kappa shape index (κ3) is 2.19.